The monoisotopic (exact) mass is 485 g/mol. The molecule has 36 heavy (non-hydrogen) atoms. The zero-order valence-electron chi connectivity index (χ0n) is 21.8. The Bertz CT molecular complexity index is 1310. The number of nitrogens with zero attached hydrogens (tertiary/aromatic N) is 3. The summed E-state index contributed by atoms with van der Waals surface area (Å²) in [6.07, 6.45) is 3.67. The zero-order valence-corrected chi connectivity index (χ0v) is 21.8. The van der Waals surface area contributed by atoms with Crippen LogP contribution in [0.1, 0.15) is 41.5 Å². The summed E-state index contributed by atoms with van der Waals surface area (Å²) in [7, 11) is 8.18. The van der Waals surface area contributed by atoms with Gasteiger partial charge in [0.25, 0.3) is 5.91 Å². The number of likely N-dealkylation sites (tertiary alicyclic amines) is 1. The van der Waals surface area contributed by atoms with Crippen LogP contribution in [0, 0.1) is 24.7 Å². The Morgan fingerprint density at radius 3 is 2.78 bits per heavy atom. The molecule has 0 unspecified atom stereocenters. The van der Waals surface area contributed by atoms with E-state index in [0.29, 0.717) is 17.7 Å². The Labute approximate surface area is 213 Å². The molecule has 6 heteroatoms. The van der Waals surface area contributed by atoms with Crippen molar-refractivity contribution in [1.82, 2.24) is 9.80 Å². The highest BCUT2D eigenvalue weighted by Gasteiger charge is 2.66. The molecule has 0 radical (unpaired) electrons. The number of likely N-dealkylation sites (N-methyl/N-ethyl adjacent to an activating group) is 2. The Kier molecular flexibility index (Phi) is 5.28. The van der Waals surface area contributed by atoms with Crippen LogP contribution in [0.4, 0.5) is 5.69 Å². The van der Waals surface area contributed by atoms with E-state index in [4.69, 9.17) is 4.74 Å². The first-order valence-corrected chi connectivity index (χ1v) is 13.0. The zero-order chi connectivity index (χ0) is 25.4. The molecular formula is C30H35N3O3. The maximum absolute atomic E-state index is 13.3. The van der Waals surface area contributed by atoms with Gasteiger partial charge in [-0.15, -0.1) is 0 Å². The molecule has 2 aromatic carbocycles. The number of phenols is 1. The van der Waals surface area contributed by atoms with Crippen LogP contribution in [0.2, 0.25) is 0 Å². The Morgan fingerprint density at radius 2 is 2.03 bits per heavy atom. The third-order valence-electron chi connectivity index (χ3n) is 9.30. The summed E-state index contributed by atoms with van der Waals surface area (Å²) in [5.41, 5.74) is 5.37. The predicted octanol–water partition coefficient (Wildman–Crippen LogP) is 3.31. The quantitative estimate of drug-likeness (QED) is 0.662. The molecule has 2 aliphatic carbocycles. The van der Waals surface area contributed by atoms with Crippen LogP contribution in [0.25, 0.3) is 0 Å². The lowest BCUT2D eigenvalue weighted by molar-refractivity contribution is -0.133. The van der Waals surface area contributed by atoms with Gasteiger partial charge in [0, 0.05) is 61.4 Å². The van der Waals surface area contributed by atoms with Gasteiger partial charge in [0.2, 0.25) is 0 Å². The minimum Gasteiger partial charge on any atom is -0.504 e. The summed E-state index contributed by atoms with van der Waals surface area (Å²) in [6.45, 7) is 3.01. The minimum absolute atomic E-state index is 0.0924. The molecule has 2 heterocycles. The van der Waals surface area contributed by atoms with E-state index in [1.54, 1.807) is 4.90 Å². The van der Waals surface area contributed by atoms with Crippen LogP contribution in [0.5, 0.6) is 11.5 Å². The van der Waals surface area contributed by atoms with Gasteiger partial charge in [-0.05, 0) is 75.4 Å². The van der Waals surface area contributed by atoms with Crippen LogP contribution in [0.15, 0.2) is 30.3 Å². The highest BCUT2D eigenvalue weighted by atomic mass is 16.5. The second-order valence-electron chi connectivity index (χ2n) is 11.4. The lowest BCUT2D eigenvalue weighted by Crippen LogP contribution is -2.68. The lowest BCUT2D eigenvalue weighted by Gasteiger charge is -2.60. The molecule has 5 atom stereocenters. The molecule has 6 rings (SSSR count). The number of anilines is 1. The molecule has 2 aliphatic heterocycles. The van der Waals surface area contributed by atoms with Gasteiger partial charge in [0.1, 0.15) is 6.10 Å². The van der Waals surface area contributed by atoms with E-state index < -0.39 is 0 Å². The number of aromatic hydroxyl groups is 1. The van der Waals surface area contributed by atoms with Gasteiger partial charge in [-0.1, -0.05) is 18.1 Å². The number of amides is 1. The van der Waals surface area contributed by atoms with Crippen molar-refractivity contribution in [3.63, 3.8) is 0 Å². The molecule has 1 saturated heterocycles. The summed E-state index contributed by atoms with van der Waals surface area (Å²) in [5, 5.41) is 11.1. The number of piperidine rings is 1. The molecule has 0 aromatic heterocycles. The van der Waals surface area contributed by atoms with Crippen molar-refractivity contribution >= 4 is 11.6 Å². The second-order valence-corrected chi connectivity index (χ2v) is 11.4. The molecule has 1 N–H and O–H groups in total. The van der Waals surface area contributed by atoms with Gasteiger partial charge < -0.3 is 24.5 Å². The van der Waals surface area contributed by atoms with E-state index in [2.05, 4.69) is 28.7 Å². The van der Waals surface area contributed by atoms with Crippen molar-refractivity contribution in [2.45, 2.75) is 56.2 Å². The number of ether oxygens (including phenoxy) is 1. The number of carbonyl (C=O) groups excluding carboxylic acids is 1. The summed E-state index contributed by atoms with van der Waals surface area (Å²) in [4.78, 5) is 19.7. The minimum atomic E-state index is -0.189. The van der Waals surface area contributed by atoms with E-state index in [1.807, 2.05) is 58.4 Å². The maximum atomic E-state index is 13.3. The summed E-state index contributed by atoms with van der Waals surface area (Å²) in [5.74, 6) is 7.05. The summed E-state index contributed by atoms with van der Waals surface area (Å²) >= 11 is 0. The third kappa shape index (κ3) is 3.18. The SMILES string of the molecule is Cc1cccc(C#CC(=O)N(C)[C@H]2CC[C@H]3[C@H]4Cc5c(N(C)C)cc(O)c6c5[C@@]3(CCN4C)[C@H]2O6)c1. The van der Waals surface area contributed by atoms with E-state index in [-0.39, 0.29) is 29.2 Å². The molecule has 4 aliphatic rings. The van der Waals surface area contributed by atoms with Crippen LogP contribution < -0.4 is 9.64 Å². The van der Waals surface area contributed by atoms with Crippen LogP contribution in [0.3, 0.4) is 0 Å². The molecule has 6 nitrogen and oxygen atoms in total. The first-order valence-electron chi connectivity index (χ1n) is 13.0. The number of hydrogen-bond acceptors (Lipinski definition) is 5. The van der Waals surface area contributed by atoms with Crippen molar-refractivity contribution in [2.24, 2.45) is 5.92 Å². The fourth-order valence-corrected chi connectivity index (χ4v) is 7.66. The van der Waals surface area contributed by atoms with Crippen molar-refractivity contribution < 1.29 is 14.6 Å². The molecule has 1 spiro atoms. The average molecular weight is 486 g/mol. The smallest absolute Gasteiger partial charge is 0.298 e. The molecule has 188 valence electrons. The van der Waals surface area contributed by atoms with Gasteiger partial charge in [0.05, 0.1) is 6.04 Å². The molecule has 2 bridgehead atoms. The topological polar surface area (TPSA) is 56.2 Å². The van der Waals surface area contributed by atoms with Gasteiger partial charge in [-0.25, -0.2) is 0 Å². The first kappa shape index (κ1) is 23.2. The van der Waals surface area contributed by atoms with E-state index >= 15 is 0 Å². The van der Waals surface area contributed by atoms with Gasteiger partial charge >= 0.3 is 0 Å². The standard InChI is InChI=1S/C30H35N3O3/c1-18-7-6-8-19(15-18)9-12-26(35)33(5)22-11-10-21-24-16-20-23(31(2)3)17-25(34)28-27(20)30(21,29(22)36-28)13-14-32(24)4/h6-8,15,17,21-22,24,29,34H,10-11,13-14,16H2,1-5H3/t21-,22-,24+,29-,30-/m0/s1. The molecule has 2 fully saturated rings. The summed E-state index contributed by atoms with van der Waals surface area (Å²) < 4.78 is 6.71. The highest BCUT2D eigenvalue weighted by molar-refractivity contribution is 5.94. The number of hydrogen-bond donors (Lipinski definition) is 1. The fraction of sp³-hybridized carbons (Fsp3) is 0.500. The van der Waals surface area contributed by atoms with E-state index in [1.165, 1.54) is 11.1 Å². The Morgan fingerprint density at radius 1 is 1.22 bits per heavy atom. The predicted molar refractivity (Wildman–Crippen MR) is 141 cm³/mol. The molecule has 2 aromatic rings. The Hall–Kier alpha value is -3.17. The number of carbonyl (C=O) groups is 1. The van der Waals surface area contributed by atoms with E-state index in [0.717, 1.165) is 49.0 Å². The van der Waals surface area contributed by atoms with Crippen molar-refractivity contribution in [3.8, 4) is 23.3 Å². The largest absolute Gasteiger partial charge is 0.504 e. The third-order valence-corrected chi connectivity index (χ3v) is 9.30. The Balaban J connectivity index is 1.40. The summed E-state index contributed by atoms with van der Waals surface area (Å²) in [6, 6.07) is 10.1. The van der Waals surface area contributed by atoms with Crippen LogP contribution in [-0.2, 0) is 16.6 Å². The van der Waals surface area contributed by atoms with E-state index in [9.17, 15) is 9.90 Å². The molecule has 1 amide bonds. The second kappa shape index (κ2) is 8.18. The van der Waals surface area contributed by atoms with Gasteiger partial charge in [-0.3, -0.25) is 4.79 Å². The fourth-order valence-electron chi connectivity index (χ4n) is 7.66. The maximum Gasteiger partial charge on any atom is 0.298 e. The number of benzene rings is 2. The van der Waals surface area contributed by atoms with Crippen molar-refractivity contribution in [2.75, 3.05) is 39.6 Å². The van der Waals surface area contributed by atoms with Gasteiger partial charge in [0.15, 0.2) is 11.5 Å². The van der Waals surface area contributed by atoms with Crippen LogP contribution in [-0.4, -0.2) is 73.7 Å². The normalized spacial score (nSPS) is 29.5. The molecule has 1 saturated carbocycles. The lowest BCUT2D eigenvalue weighted by atomic mass is 9.51. The van der Waals surface area contributed by atoms with Gasteiger partial charge in [-0.2, -0.15) is 0 Å². The number of aryl methyl sites for hydroxylation is 1. The average Bonchev–Trinajstić information content (AvgIpc) is 3.20. The number of rotatable bonds is 2. The number of phenolic OH excluding ortho intramolecular Hbond substituents is 1. The van der Waals surface area contributed by atoms with Crippen molar-refractivity contribution in [3.05, 3.63) is 52.6 Å². The molecular weight excluding hydrogens is 450 g/mol. The van der Waals surface area contributed by atoms with Crippen LogP contribution >= 0.6 is 0 Å². The first-order chi connectivity index (χ1) is 17.2. The highest BCUT2D eigenvalue weighted by Crippen LogP contribution is 2.65. The van der Waals surface area contributed by atoms with Crippen molar-refractivity contribution in [1.29, 1.82) is 0 Å².